The van der Waals surface area contributed by atoms with Crippen molar-refractivity contribution in [1.82, 2.24) is 0 Å². The molecular formula is C20H18O6S. The first-order valence-electron chi connectivity index (χ1n) is 8.36. The minimum Gasteiger partial charge on any atom is -0.486 e. The molecule has 0 saturated heterocycles. The molecule has 7 heteroatoms. The van der Waals surface area contributed by atoms with Gasteiger partial charge in [0, 0.05) is 10.5 Å². The van der Waals surface area contributed by atoms with E-state index in [1.165, 1.54) is 18.7 Å². The lowest BCUT2D eigenvalue weighted by Crippen LogP contribution is -2.17. The van der Waals surface area contributed by atoms with Crippen LogP contribution in [-0.4, -0.2) is 43.1 Å². The molecule has 0 unspecified atom stereocenters. The number of ether oxygens (including phenoxy) is 3. The van der Waals surface area contributed by atoms with Crippen molar-refractivity contribution < 1.29 is 28.6 Å². The Morgan fingerprint density at radius 3 is 2.56 bits per heavy atom. The van der Waals surface area contributed by atoms with Crippen LogP contribution in [0.3, 0.4) is 0 Å². The lowest BCUT2D eigenvalue weighted by Gasteiger charge is -2.18. The summed E-state index contributed by atoms with van der Waals surface area (Å²) in [7, 11) is 0. The fourth-order valence-corrected chi connectivity index (χ4v) is 3.29. The summed E-state index contributed by atoms with van der Waals surface area (Å²) < 4.78 is 16.1. The molecule has 6 nitrogen and oxygen atoms in total. The zero-order valence-electron chi connectivity index (χ0n) is 14.7. The molecule has 0 atom stereocenters. The highest BCUT2D eigenvalue weighted by Gasteiger charge is 2.18. The van der Waals surface area contributed by atoms with Crippen molar-refractivity contribution in [2.75, 3.05) is 25.6 Å². The van der Waals surface area contributed by atoms with Crippen molar-refractivity contribution in [3.8, 4) is 11.5 Å². The third kappa shape index (κ3) is 4.89. The molecule has 0 aromatic heterocycles. The highest BCUT2D eigenvalue weighted by molar-refractivity contribution is 8.00. The van der Waals surface area contributed by atoms with Gasteiger partial charge in [0.2, 0.25) is 0 Å². The molecule has 1 aliphatic heterocycles. The number of carbonyl (C=O) groups is 3. The van der Waals surface area contributed by atoms with Crippen molar-refractivity contribution in [3.63, 3.8) is 0 Å². The van der Waals surface area contributed by atoms with Gasteiger partial charge in [-0.15, -0.1) is 11.8 Å². The van der Waals surface area contributed by atoms with Gasteiger partial charge in [0.15, 0.2) is 23.9 Å². The molecule has 0 fully saturated rings. The summed E-state index contributed by atoms with van der Waals surface area (Å²) in [6, 6.07) is 11.7. The Morgan fingerprint density at radius 2 is 1.78 bits per heavy atom. The van der Waals surface area contributed by atoms with E-state index in [0.717, 1.165) is 0 Å². The topological polar surface area (TPSA) is 78.9 Å². The molecule has 0 bridgehead atoms. The van der Waals surface area contributed by atoms with Crippen LogP contribution in [0.25, 0.3) is 0 Å². The fourth-order valence-electron chi connectivity index (χ4n) is 2.45. The average Bonchev–Trinajstić information content (AvgIpc) is 2.70. The van der Waals surface area contributed by atoms with Crippen LogP contribution in [0.5, 0.6) is 11.5 Å². The first-order valence-corrected chi connectivity index (χ1v) is 9.34. The number of thioether (sulfide) groups is 1. The van der Waals surface area contributed by atoms with Gasteiger partial charge in [0.1, 0.15) is 19.0 Å². The van der Waals surface area contributed by atoms with E-state index >= 15 is 0 Å². The number of hydrogen-bond donors (Lipinski definition) is 0. The maximum atomic E-state index is 12.4. The molecule has 0 N–H and O–H groups in total. The van der Waals surface area contributed by atoms with E-state index in [9.17, 15) is 14.4 Å². The van der Waals surface area contributed by atoms with Crippen molar-refractivity contribution in [2.45, 2.75) is 11.8 Å². The standard InChI is InChI=1S/C20H18O6S/c1-13(21)12-27-19-5-3-2-4-15(19)20(23)26-11-16(22)14-6-7-17-18(10-14)25-9-8-24-17/h2-7,10H,8-9,11-12H2,1H3. The lowest BCUT2D eigenvalue weighted by molar-refractivity contribution is -0.114. The number of hydrogen-bond acceptors (Lipinski definition) is 7. The summed E-state index contributed by atoms with van der Waals surface area (Å²) in [6.07, 6.45) is 0. The van der Waals surface area contributed by atoms with Crippen LogP contribution in [-0.2, 0) is 9.53 Å². The van der Waals surface area contributed by atoms with Gasteiger partial charge in [-0.1, -0.05) is 12.1 Å². The van der Waals surface area contributed by atoms with Gasteiger partial charge in [-0.05, 0) is 37.3 Å². The van der Waals surface area contributed by atoms with Crippen LogP contribution < -0.4 is 9.47 Å². The Kier molecular flexibility index (Phi) is 6.13. The maximum Gasteiger partial charge on any atom is 0.339 e. The zero-order valence-corrected chi connectivity index (χ0v) is 15.5. The molecule has 140 valence electrons. The first-order chi connectivity index (χ1) is 13.0. The van der Waals surface area contributed by atoms with Crippen LogP contribution in [0.4, 0.5) is 0 Å². The van der Waals surface area contributed by atoms with Crippen LogP contribution in [0.1, 0.15) is 27.6 Å². The molecule has 0 saturated carbocycles. The maximum absolute atomic E-state index is 12.4. The first kappa shape index (κ1) is 19.0. The molecule has 27 heavy (non-hydrogen) atoms. The SMILES string of the molecule is CC(=O)CSc1ccccc1C(=O)OCC(=O)c1ccc2c(c1)OCCO2. The number of ketones is 2. The highest BCUT2D eigenvalue weighted by atomic mass is 32.2. The number of benzene rings is 2. The van der Waals surface area contributed by atoms with Gasteiger partial charge in [0.05, 0.1) is 11.3 Å². The van der Waals surface area contributed by atoms with Crippen LogP contribution in [0.2, 0.25) is 0 Å². The summed E-state index contributed by atoms with van der Waals surface area (Å²) in [5.41, 5.74) is 0.713. The zero-order chi connectivity index (χ0) is 19.2. The summed E-state index contributed by atoms with van der Waals surface area (Å²) >= 11 is 1.26. The Morgan fingerprint density at radius 1 is 1.04 bits per heavy atom. The normalized spacial score (nSPS) is 12.3. The molecule has 2 aromatic rings. The second-order valence-corrected chi connectivity index (χ2v) is 6.86. The molecule has 0 spiro atoms. The molecule has 0 amide bonds. The molecule has 0 radical (unpaired) electrons. The van der Waals surface area contributed by atoms with E-state index in [1.807, 2.05) is 0 Å². The number of carbonyl (C=O) groups excluding carboxylic acids is 3. The Bertz CT molecular complexity index is 877. The lowest BCUT2D eigenvalue weighted by atomic mass is 10.1. The quantitative estimate of drug-likeness (QED) is 0.411. The molecule has 1 aliphatic rings. The number of fused-ring (bicyclic) bond motifs is 1. The van der Waals surface area contributed by atoms with Gasteiger partial charge < -0.3 is 14.2 Å². The summed E-state index contributed by atoms with van der Waals surface area (Å²) in [5, 5.41) is 0. The molecule has 3 rings (SSSR count). The monoisotopic (exact) mass is 386 g/mol. The van der Waals surface area contributed by atoms with Crippen LogP contribution in [0.15, 0.2) is 47.4 Å². The fraction of sp³-hybridized carbons (Fsp3) is 0.250. The van der Waals surface area contributed by atoms with Gasteiger partial charge in [0.25, 0.3) is 0 Å². The van der Waals surface area contributed by atoms with E-state index in [4.69, 9.17) is 14.2 Å². The Labute approximate surface area is 160 Å². The minimum absolute atomic E-state index is 0.0111. The van der Waals surface area contributed by atoms with Crippen molar-refractivity contribution in [2.24, 2.45) is 0 Å². The number of rotatable bonds is 7. The van der Waals surface area contributed by atoms with E-state index in [-0.39, 0.29) is 23.9 Å². The van der Waals surface area contributed by atoms with Gasteiger partial charge in [-0.25, -0.2) is 4.79 Å². The molecule has 0 aliphatic carbocycles. The number of Topliss-reactive ketones (excluding diaryl/α,β-unsaturated/α-hetero) is 2. The van der Waals surface area contributed by atoms with E-state index < -0.39 is 5.97 Å². The highest BCUT2D eigenvalue weighted by Crippen LogP contribution is 2.31. The van der Waals surface area contributed by atoms with Crippen LogP contribution in [0, 0.1) is 0 Å². The Balaban J connectivity index is 1.64. The second-order valence-electron chi connectivity index (χ2n) is 5.84. The molecule has 2 aromatic carbocycles. The summed E-state index contributed by atoms with van der Waals surface area (Å²) in [4.78, 5) is 36.5. The van der Waals surface area contributed by atoms with E-state index in [0.29, 0.717) is 40.7 Å². The average molecular weight is 386 g/mol. The smallest absolute Gasteiger partial charge is 0.339 e. The van der Waals surface area contributed by atoms with E-state index in [1.54, 1.807) is 42.5 Å². The summed E-state index contributed by atoms with van der Waals surface area (Å²) in [5.74, 6) is 0.426. The third-order valence-electron chi connectivity index (χ3n) is 3.74. The third-order valence-corrected chi connectivity index (χ3v) is 4.95. The van der Waals surface area contributed by atoms with Crippen molar-refractivity contribution >= 4 is 29.3 Å². The largest absolute Gasteiger partial charge is 0.486 e. The van der Waals surface area contributed by atoms with Gasteiger partial charge in [-0.2, -0.15) is 0 Å². The number of esters is 1. The van der Waals surface area contributed by atoms with Crippen molar-refractivity contribution in [1.29, 1.82) is 0 Å². The summed E-state index contributed by atoms with van der Waals surface area (Å²) in [6.45, 7) is 2.00. The van der Waals surface area contributed by atoms with Gasteiger partial charge in [-0.3, -0.25) is 9.59 Å². The predicted octanol–water partition coefficient (Wildman–Crippen LogP) is 3.18. The Hall–Kier alpha value is -2.80. The predicted molar refractivity (Wildman–Crippen MR) is 99.9 cm³/mol. The molecular weight excluding hydrogens is 368 g/mol. The minimum atomic E-state index is -0.604. The van der Waals surface area contributed by atoms with E-state index in [2.05, 4.69) is 0 Å². The van der Waals surface area contributed by atoms with Gasteiger partial charge >= 0.3 is 5.97 Å². The second kappa shape index (κ2) is 8.73. The van der Waals surface area contributed by atoms with Crippen molar-refractivity contribution in [3.05, 3.63) is 53.6 Å². The molecule has 1 heterocycles. The van der Waals surface area contributed by atoms with Crippen LogP contribution >= 0.6 is 11.8 Å².